The summed E-state index contributed by atoms with van der Waals surface area (Å²) in [5, 5.41) is 8.05. The summed E-state index contributed by atoms with van der Waals surface area (Å²) in [6, 6.07) is 2.77. The first kappa shape index (κ1) is 14.2. The Balaban J connectivity index is 2.26. The van der Waals surface area contributed by atoms with Crippen LogP contribution in [0.2, 0.25) is 0 Å². The van der Waals surface area contributed by atoms with Gasteiger partial charge in [0.25, 0.3) is 0 Å². The van der Waals surface area contributed by atoms with E-state index < -0.39 is 0 Å². The van der Waals surface area contributed by atoms with Crippen LogP contribution in [0.15, 0.2) is 12.3 Å². The van der Waals surface area contributed by atoms with E-state index in [-0.39, 0.29) is 0 Å². The summed E-state index contributed by atoms with van der Waals surface area (Å²) in [6.45, 7) is 7.95. The largest absolute Gasteiger partial charge is 0.314 e. The minimum absolute atomic E-state index is 0.652. The zero-order valence-corrected chi connectivity index (χ0v) is 11.7. The molecule has 0 saturated heterocycles. The van der Waals surface area contributed by atoms with Gasteiger partial charge in [-0.05, 0) is 44.2 Å². The van der Waals surface area contributed by atoms with Crippen LogP contribution in [0.3, 0.4) is 0 Å². The van der Waals surface area contributed by atoms with Crippen molar-refractivity contribution in [2.75, 3.05) is 6.54 Å². The monoisotopic (exact) mass is 237 g/mol. The lowest BCUT2D eigenvalue weighted by Crippen LogP contribution is -2.34. The van der Waals surface area contributed by atoms with Gasteiger partial charge in [0.15, 0.2) is 0 Å². The van der Waals surface area contributed by atoms with E-state index in [1.54, 1.807) is 0 Å². The molecule has 1 heterocycles. The Morgan fingerprint density at radius 1 is 1.41 bits per heavy atom. The van der Waals surface area contributed by atoms with Crippen molar-refractivity contribution in [3.05, 3.63) is 18.0 Å². The van der Waals surface area contributed by atoms with Gasteiger partial charge in [-0.2, -0.15) is 5.10 Å². The summed E-state index contributed by atoms with van der Waals surface area (Å²) in [5.74, 6) is 0.713. The molecule has 0 spiro atoms. The molecule has 98 valence electrons. The van der Waals surface area contributed by atoms with Crippen LogP contribution >= 0.6 is 0 Å². The number of hydrogen-bond acceptors (Lipinski definition) is 2. The molecule has 0 radical (unpaired) electrons. The zero-order valence-electron chi connectivity index (χ0n) is 11.7. The van der Waals surface area contributed by atoms with Crippen molar-refractivity contribution in [2.45, 2.75) is 52.5 Å². The van der Waals surface area contributed by atoms with Crippen molar-refractivity contribution in [1.82, 2.24) is 15.1 Å². The Morgan fingerprint density at radius 2 is 2.18 bits per heavy atom. The summed E-state index contributed by atoms with van der Waals surface area (Å²) in [4.78, 5) is 0. The third-order valence-electron chi connectivity index (χ3n) is 3.18. The maximum atomic E-state index is 4.41. The van der Waals surface area contributed by atoms with Crippen LogP contribution < -0.4 is 5.32 Å². The summed E-state index contributed by atoms with van der Waals surface area (Å²) in [7, 11) is 1.98. The number of aryl methyl sites for hydroxylation is 2. The molecule has 0 fully saturated rings. The topological polar surface area (TPSA) is 29.9 Å². The first-order valence-electron chi connectivity index (χ1n) is 6.85. The molecule has 0 aromatic carbocycles. The minimum Gasteiger partial charge on any atom is -0.314 e. The molecule has 1 atom stereocenters. The molecule has 0 aliphatic heterocycles. The van der Waals surface area contributed by atoms with Crippen molar-refractivity contribution in [3.8, 4) is 0 Å². The van der Waals surface area contributed by atoms with Gasteiger partial charge in [-0.1, -0.05) is 20.8 Å². The van der Waals surface area contributed by atoms with Crippen molar-refractivity contribution in [1.29, 1.82) is 0 Å². The van der Waals surface area contributed by atoms with Gasteiger partial charge < -0.3 is 5.32 Å². The molecular weight excluding hydrogens is 210 g/mol. The highest BCUT2D eigenvalue weighted by Crippen LogP contribution is 2.11. The van der Waals surface area contributed by atoms with Gasteiger partial charge in [0.2, 0.25) is 0 Å². The predicted octanol–water partition coefficient (Wildman–Crippen LogP) is 2.77. The minimum atomic E-state index is 0.652. The Kier molecular flexibility index (Phi) is 6.27. The van der Waals surface area contributed by atoms with Crippen molar-refractivity contribution < 1.29 is 0 Å². The molecule has 1 N–H and O–H groups in total. The lowest BCUT2D eigenvalue weighted by Gasteiger charge is -2.22. The first-order valence-corrected chi connectivity index (χ1v) is 6.85. The SMILES string of the molecule is CCCNC(CCCc1ccn(C)n1)C(C)C. The van der Waals surface area contributed by atoms with E-state index in [1.165, 1.54) is 25.0 Å². The fraction of sp³-hybridized carbons (Fsp3) is 0.786. The fourth-order valence-electron chi connectivity index (χ4n) is 2.10. The smallest absolute Gasteiger partial charge is 0.0624 e. The average molecular weight is 237 g/mol. The van der Waals surface area contributed by atoms with Crippen molar-refractivity contribution in [2.24, 2.45) is 13.0 Å². The molecule has 1 unspecified atom stereocenters. The lowest BCUT2D eigenvalue weighted by molar-refractivity contribution is 0.370. The van der Waals surface area contributed by atoms with Crippen LogP contribution in [0.25, 0.3) is 0 Å². The summed E-state index contributed by atoms with van der Waals surface area (Å²) in [6.07, 6.45) is 6.79. The number of aromatic nitrogens is 2. The van der Waals surface area contributed by atoms with E-state index in [1.807, 2.05) is 17.9 Å². The van der Waals surface area contributed by atoms with E-state index in [2.05, 4.69) is 37.3 Å². The van der Waals surface area contributed by atoms with Crippen LogP contribution in [-0.4, -0.2) is 22.4 Å². The zero-order chi connectivity index (χ0) is 12.7. The molecule has 1 aromatic rings. The van der Waals surface area contributed by atoms with Gasteiger partial charge in [-0.25, -0.2) is 0 Å². The number of nitrogens with one attached hydrogen (secondary N) is 1. The van der Waals surface area contributed by atoms with E-state index in [4.69, 9.17) is 0 Å². The van der Waals surface area contributed by atoms with Crippen LogP contribution in [0.4, 0.5) is 0 Å². The predicted molar refractivity (Wildman–Crippen MR) is 73.1 cm³/mol. The van der Waals surface area contributed by atoms with Gasteiger partial charge in [0.05, 0.1) is 5.69 Å². The second kappa shape index (κ2) is 7.49. The molecule has 0 saturated carbocycles. The van der Waals surface area contributed by atoms with E-state index in [0.717, 1.165) is 13.0 Å². The van der Waals surface area contributed by atoms with Gasteiger partial charge in [-0.15, -0.1) is 0 Å². The van der Waals surface area contributed by atoms with Crippen LogP contribution in [0.5, 0.6) is 0 Å². The molecule has 1 rings (SSSR count). The maximum absolute atomic E-state index is 4.41. The molecule has 1 aromatic heterocycles. The Hall–Kier alpha value is -0.830. The molecule has 0 amide bonds. The molecule has 0 aliphatic carbocycles. The molecule has 17 heavy (non-hydrogen) atoms. The Morgan fingerprint density at radius 3 is 2.71 bits per heavy atom. The third kappa shape index (κ3) is 5.35. The second-order valence-electron chi connectivity index (χ2n) is 5.18. The summed E-state index contributed by atoms with van der Waals surface area (Å²) in [5.41, 5.74) is 1.21. The van der Waals surface area contributed by atoms with Crippen LogP contribution in [0, 0.1) is 5.92 Å². The number of nitrogens with zero attached hydrogens (tertiary/aromatic N) is 2. The van der Waals surface area contributed by atoms with Gasteiger partial charge in [0.1, 0.15) is 0 Å². The Labute approximate surface area is 106 Å². The molecular formula is C14H27N3. The highest BCUT2D eigenvalue weighted by atomic mass is 15.2. The van der Waals surface area contributed by atoms with Gasteiger partial charge in [0, 0.05) is 19.3 Å². The molecule has 0 bridgehead atoms. The van der Waals surface area contributed by atoms with E-state index >= 15 is 0 Å². The first-order chi connectivity index (χ1) is 8.13. The van der Waals surface area contributed by atoms with Gasteiger partial charge >= 0.3 is 0 Å². The quantitative estimate of drug-likeness (QED) is 0.753. The molecule has 3 heteroatoms. The van der Waals surface area contributed by atoms with Crippen molar-refractivity contribution in [3.63, 3.8) is 0 Å². The standard InChI is InChI=1S/C14H27N3/c1-5-10-15-14(12(2)3)8-6-7-13-9-11-17(4)16-13/h9,11-12,14-15H,5-8,10H2,1-4H3. The highest BCUT2D eigenvalue weighted by Gasteiger charge is 2.11. The third-order valence-corrected chi connectivity index (χ3v) is 3.18. The van der Waals surface area contributed by atoms with Crippen LogP contribution in [0.1, 0.15) is 45.7 Å². The normalized spacial score (nSPS) is 13.2. The fourth-order valence-corrected chi connectivity index (χ4v) is 2.10. The molecule has 3 nitrogen and oxygen atoms in total. The number of rotatable bonds is 8. The summed E-state index contributed by atoms with van der Waals surface area (Å²) >= 11 is 0. The molecule has 0 aliphatic rings. The highest BCUT2D eigenvalue weighted by molar-refractivity contribution is 4.98. The van der Waals surface area contributed by atoms with E-state index in [9.17, 15) is 0 Å². The van der Waals surface area contributed by atoms with E-state index in [0.29, 0.717) is 12.0 Å². The summed E-state index contributed by atoms with van der Waals surface area (Å²) < 4.78 is 1.88. The Bertz CT molecular complexity index is 304. The number of hydrogen-bond donors (Lipinski definition) is 1. The van der Waals surface area contributed by atoms with Gasteiger partial charge in [-0.3, -0.25) is 4.68 Å². The average Bonchev–Trinajstić information content (AvgIpc) is 2.68. The van der Waals surface area contributed by atoms with Crippen LogP contribution in [-0.2, 0) is 13.5 Å². The second-order valence-corrected chi connectivity index (χ2v) is 5.18. The van der Waals surface area contributed by atoms with Crippen molar-refractivity contribution >= 4 is 0 Å². The maximum Gasteiger partial charge on any atom is 0.0624 e. The lowest BCUT2D eigenvalue weighted by atomic mass is 9.98.